The summed E-state index contributed by atoms with van der Waals surface area (Å²) in [6, 6.07) is 2.13. The first-order valence-electron chi connectivity index (χ1n) is 3.92. The smallest absolute Gasteiger partial charge is 0.340 e. The molecule has 0 unspecified atom stereocenters. The van der Waals surface area contributed by atoms with Crippen molar-refractivity contribution in [3.63, 3.8) is 0 Å². The van der Waals surface area contributed by atoms with E-state index in [4.69, 9.17) is 16.7 Å². The largest absolute Gasteiger partial charge is 0.478 e. The Hall–Kier alpha value is -1.62. The second-order valence-electron chi connectivity index (χ2n) is 2.77. The summed E-state index contributed by atoms with van der Waals surface area (Å²) in [5.41, 5.74) is -0.578. The van der Waals surface area contributed by atoms with E-state index in [0.29, 0.717) is 0 Å². The van der Waals surface area contributed by atoms with Gasteiger partial charge in [-0.3, -0.25) is 4.79 Å². The van der Waals surface area contributed by atoms with E-state index in [1.54, 1.807) is 0 Å². The van der Waals surface area contributed by atoms with Crippen LogP contribution in [0.25, 0.3) is 0 Å². The minimum atomic E-state index is -1.48. The first-order valence-corrected chi connectivity index (χ1v) is 4.30. The zero-order valence-corrected chi connectivity index (χ0v) is 8.43. The van der Waals surface area contributed by atoms with Crippen LogP contribution in [-0.4, -0.2) is 17.0 Å². The first-order chi connectivity index (χ1) is 6.93. The molecule has 0 atom stereocenters. The van der Waals surface area contributed by atoms with Crippen LogP contribution in [0.4, 0.5) is 10.1 Å². The van der Waals surface area contributed by atoms with Crippen molar-refractivity contribution in [1.29, 1.82) is 0 Å². The third-order valence-electron chi connectivity index (χ3n) is 1.62. The van der Waals surface area contributed by atoms with E-state index in [-0.39, 0.29) is 10.7 Å². The molecule has 2 N–H and O–H groups in total. The number of benzene rings is 1. The highest BCUT2D eigenvalue weighted by Crippen LogP contribution is 2.28. The fraction of sp³-hybridized carbons (Fsp3) is 0.111. The van der Waals surface area contributed by atoms with Gasteiger partial charge < -0.3 is 10.4 Å². The highest BCUT2D eigenvalue weighted by atomic mass is 35.5. The zero-order valence-electron chi connectivity index (χ0n) is 7.67. The number of carbonyl (C=O) groups excluding carboxylic acids is 1. The number of rotatable bonds is 2. The van der Waals surface area contributed by atoms with Crippen LogP contribution in [0.2, 0.25) is 5.02 Å². The van der Waals surface area contributed by atoms with Gasteiger partial charge in [-0.15, -0.1) is 0 Å². The number of carboxylic acids is 1. The van der Waals surface area contributed by atoms with Gasteiger partial charge in [-0.1, -0.05) is 11.6 Å². The zero-order chi connectivity index (χ0) is 11.6. The lowest BCUT2D eigenvalue weighted by molar-refractivity contribution is -0.114. The van der Waals surface area contributed by atoms with Crippen LogP contribution in [-0.2, 0) is 4.79 Å². The van der Waals surface area contributed by atoms with E-state index in [1.165, 1.54) is 13.0 Å². The molecule has 80 valence electrons. The van der Waals surface area contributed by atoms with Crippen molar-refractivity contribution in [3.05, 3.63) is 28.5 Å². The lowest BCUT2D eigenvalue weighted by Crippen LogP contribution is -2.09. The molecule has 1 rings (SSSR count). The topological polar surface area (TPSA) is 66.4 Å². The molecule has 0 spiro atoms. The van der Waals surface area contributed by atoms with Crippen molar-refractivity contribution in [2.24, 2.45) is 0 Å². The predicted molar refractivity (Wildman–Crippen MR) is 52.7 cm³/mol. The Morgan fingerprint density at radius 2 is 2.07 bits per heavy atom. The highest BCUT2D eigenvalue weighted by Gasteiger charge is 2.18. The maximum Gasteiger partial charge on any atom is 0.340 e. The van der Waals surface area contributed by atoms with Crippen LogP contribution in [0.15, 0.2) is 12.1 Å². The summed E-state index contributed by atoms with van der Waals surface area (Å²) in [5, 5.41) is 10.6. The fourth-order valence-corrected chi connectivity index (χ4v) is 1.32. The molecule has 0 bridgehead atoms. The summed E-state index contributed by atoms with van der Waals surface area (Å²) in [4.78, 5) is 21.4. The van der Waals surface area contributed by atoms with E-state index < -0.39 is 23.3 Å². The molecule has 1 aromatic carbocycles. The maximum atomic E-state index is 13.0. The Kier molecular flexibility index (Phi) is 3.26. The van der Waals surface area contributed by atoms with Crippen molar-refractivity contribution in [3.8, 4) is 0 Å². The van der Waals surface area contributed by atoms with Crippen LogP contribution in [0.3, 0.4) is 0 Å². The van der Waals surface area contributed by atoms with Crippen LogP contribution < -0.4 is 5.32 Å². The van der Waals surface area contributed by atoms with Crippen molar-refractivity contribution in [2.75, 3.05) is 5.32 Å². The molecular formula is C9H7ClFNO3. The van der Waals surface area contributed by atoms with Crippen LogP contribution in [0, 0.1) is 5.82 Å². The lowest BCUT2D eigenvalue weighted by Gasteiger charge is -2.07. The number of carbonyl (C=O) groups is 2. The average molecular weight is 232 g/mol. The number of hydrogen-bond acceptors (Lipinski definition) is 2. The van der Waals surface area contributed by atoms with Gasteiger partial charge in [0.05, 0.1) is 10.7 Å². The molecule has 0 heterocycles. The number of nitrogens with one attached hydrogen (secondary N) is 1. The van der Waals surface area contributed by atoms with Gasteiger partial charge in [0.1, 0.15) is 11.4 Å². The summed E-state index contributed by atoms with van der Waals surface area (Å²) in [6.45, 7) is 1.24. The maximum absolute atomic E-state index is 13.0. The normalized spacial score (nSPS) is 9.80. The fourth-order valence-electron chi connectivity index (χ4n) is 1.03. The number of amides is 1. The Morgan fingerprint density at radius 1 is 1.47 bits per heavy atom. The molecule has 0 saturated heterocycles. The summed E-state index contributed by atoms with van der Waals surface area (Å²) in [6.07, 6.45) is 0. The van der Waals surface area contributed by atoms with Gasteiger partial charge in [0, 0.05) is 6.92 Å². The van der Waals surface area contributed by atoms with E-state index in [2.05, 4.69) is 5.32 Å². The molecular weight excluding hydrogens is 225 g/mol. The summed E-state index contributed by atoms with van der Waals surface area (Å²) in [7, 11) is 0. The minimum Gasteiger partial charge on any atom is -0.478 e. The molecule has 0 aliphatic heterocycles. The number of anilines is 1. The third kappa shape index (κ3) is 2.44. The highest BCUT2D eigenvalue weighted by molar-refractivity contribution is 6.36. The molecule has 0 aliphatic rings. The molecule has 0 aliphatic carbocycles. The standard InChI is InChI=1S/C9H7ClFNO3/c1-4(13)12-6-3-2-5(11)7(8(6)10)9(14)15/h2-3H,1H3,(H,12,13)(H,14,15). The van der Waals surface area contributed by atoms with Crippen molar-refractivity contribution in [2.45, 2.75) is 6.92 Å². The Bertz CT molecular complexity index is 434. The van der Waals surface area contributed by atoms with Gasteiger partial charge >= 0.3 is 5.97 Å². The molecule has 1 amide bonds. The first kappa shape index (κ1) is 11.5. The number of carboxylic acid groups (broad SMARTS) is 1. The number of aromatic carboxylic acids is 1. The van der Waals surface area contributed by atoms with Gasteiger partial charge in [-0.25, -0.2) is 9.18 Å². The van der Waals surface area contributed by atoms with E-state index >= 15 is 0 Å². The molecule has 0 fully saturated rings. The Morgan fingerprint density at radius 3 is 2.53 bits per heavy atom. The Balaban J connectivity index is 3.28. The third-order valence-corrected chi connectivity index (χ3v) is 2.01. The SMILES string of the molecule is CC(=O)Nc1ccc(F)c(C(=O)O)c1Cl. The number of hydrogen-bond donors (Lipinski definition) is 2. The average Bonchev–Trinajstić information content (AvgIpc) is 2.09. The predicted octanol–water partition coefficient (Wildman–Crippen LogP) is 2.14. The quantitative estimate of drug-likeness (QED) is 0.820. The van der Waals surface area contributed by atoms with E-state index in [0.717, 1.165) is 6.07 Å². The summed E-state index contributed by atoms with van der Waals surface area (Å²) >= 11 is 5.62. The monoisotopic (exact) mass is 231 g/mol. The molecule has 0 saturated carbocycles. The molecule has 1 aromatic rings. The summed E-state index contributed by atoms with van der Waals surface area (Å²) < 4.78 is 13.0. The van der Waals surface area contributed by atoms with Gasteiger partial charge in [0.15, 0.2) is 0 Å². The van der Waals surface area contributed by atoms with Crippen LogP contribution >= 0.6 is 11.6 Å². The van der Waals surface area contributed by atoms with Gasteiger partial charge in [0.25, 0.3) is 0 Å². The summed E-state index contributed by atoms with van der Waals surface area (Å²) in [5.74, 6) is -2.84. The van der Waals surface area contributed by atoms with E-state index in [9.17, 15) is 14.0 Å². The second kappa shape index (κ2) is 4.27. The van der Waals surface area contributed by atoms with Crippen molar-refractivity contribution in [1.82, 2.24) is 0 Å². The van der Waals surface area contributed by atoms with Gasteiger partial charge in [-0.05, 0) is 12.1 Å². The van der Waals surface area contributed by atoms with E-state index in [1.807, 2.05) is 0 Å². The molecule has 15 heavy (non-hydrogen) atoms. The minimum absolute atomic E-state index is 0.0722. The Labute approximate surface area is 89.7 Å². The van der Waals surface area contributed by atoms with Crippen LogP contribution in [0.5, 0.6) is 0 Å². The molecule has 0 aromatic heterocycles. The van der Waals surface area contributed by atoms with Gasteiger partial charge in [-0.2, -0.15) is 0 Å². The van der Waals surface area contributed by atoms with Crippen molar-refractivity contribution < 1.29 is 19.1 Å². The molecule has 6 heteroatoms. The lowest BCUT2D eigenvalue weighted by atomic mass is 10.2. The van der Waals surface area contributed by atoms with Crippen LogP contribution in [0.1, 0.15) is 17.3 Å². The van der Waals surface area contributed by atoms with Crippen molar-refractivity contribution >= 4 is 29.2 Å². The second-order valence-corrected chi connectivity index (χ2v) is 3.15. The number of halogens is 2. The molecule has 4 nitrogen and oxygen atoms in total. The van der Waals surface area contributed by atoms with Gasteiger partial charge in [0.2, 0.25) is 5.91 Å². The molecule has 0 radical (unpaired) electrons.